The van der Waals surface area contributed by atoms with E-state index in [0.29, 0.717) is 12.5 Å². The van der Waals surface area contributed by atoms with Crippen molar-refractivity contribution in [1.29, 1.82) is 0 Å². The number of Topliss-reactive ketones (excluding diaryl/α,β-unsaturated/α-hetero) is 1. The minimum absolute atomic E-state index is 0.210. The van der Waals surface area contributed by atoms with Crippen LogP contribution in [0.2, 0.25) is 0 Å². The highest BCUT2D eigenvalue weighted by atomic mass is 16.5. The summed E-state index contributed by atoms with van der Waals surface area (Å²) in [6.07, 6.45) is 3.22. The summed E-state index contributed by atoms with van der Waals surface area (Å²) >= 11 is 0. The first-order chi connectivity index (χ1) is 14.0. The third-order valence-electron chi connectivity index (χ3n) is 6.28. The van der Waals surface area contributed by atoms with Crippen molar-refractivity contribution in [1.82, 2.24) is 4.90 Å². The number of hydrogen-bond acceptors (Lipinski definition) is 5. The standard InChI is InChI=1S/C24H29NO4/c1-15(26)5-6-16-7-8-17-11-21-19-13-23(28-3)22(27-2)12-18(19)9-10-25(21)14-20(17)24(16)29-4/h7-8,12-13,21H,5-6,9-11,14H2,1-4H3/t21-/m0/s1. The summed E-state index contributed by atoms with van der Waals surface area (Å²) in [6.45, 7) is 3.52. The number of nitrogens with zero attached hydrogens (tertiary/aromatic N) is 1. The van der Waals surface area contributed by atoms with E-state index in [1.807, 2.05) is 0 Å². The fraction of sp³-hybridized carbons (Fsp3) is 0.458. The number of rotatable bonds is 6. The van der Waals surface area contributed by atoms with Crippen LogP contribution in [0.15, 0.2) is 24.3 Å². The molecule has 0 aromatic heterocycles. The van der Waals surface area contributed by atoms with Gasteiger partial charge < -0.3 is 19.0 Å². The molecule has 5 heteroatoms. The Balaban J connectivity index is 1.70. The molecule has 4 rings (SSSR count). The van der Waals surface area contributed by atoms with Crippen molar-refractivity contribution >= 4 is 5.78 Å². The molecule has 0 amide bonds. The van der Waals surface area contributed by atoms with Gasteiger partial charge in [-0.1, -0.05) is 12.1 Å². The lowest BCUT2D eigenvalue weighted by Gasteiger charge is -2.42. The molecule has 2 aromatic rings. The number of benzene rings is 2. The van der Waals surface area contributed by atoms with Crippen LogP contribution >= 0.6 is 0 Å². The van der Waals surface area contributed by atoms with Crippen molar-refractivity contribution in [2.24, 2.45) is 0 Å². The van der Waals surface area contributed by atoms with Gasteiger partial charge in [0.1, 0.15) is 11.5 Å². The Bertz CT molecular complexity index is 937. The number of aryl methyl sites for hydroxylation is 1. The minimum atomic E-state index is 0.210. The van der Waals surface area contributed by atoms with E-state index in [2.05, 4.69) is 29.2 Å². The highest BCUT2D eigenvalue weighted by Gasteiger charge is 2.34. The lowest BCUT2D eigenvalue weighted by Crippen LogP contribution is -2.39. The van der Waals surface area contributed by atoms with Gasteiger partial charge in [-0.2, -0.15) is 0 Å². The van der Waals surface area contributed by atoms with E-state index >= 15 is 0 Å². The minimum Gasteiger partial charge on any atom is -0.496 e. The average Bonchev–Trinajstić information content (AvgIpc) is 2.74. The van der Waals surface area contributed by atoms with Gasteiger partial charge in [-0.3, -0.25) is 4.90 Å². The molecule has 0 saturated carbocycles. The number of ketones is 1. The number of fused-ring (bicyclic) bond motifs is 4. The molecule has 1 atom stereocenters. The zero-order valence-corrected chi connectivity index (χ0v) is 17.7. The number of carbonyl (C=O) groups is 1. The Morgan fingerprint density at radius 1 is 1.07 bits per heavy atom. The zero-order chi connectivity index (χ0) is 20.5. The third-order valence-corrected chi connectivity index (χ3v) is 6.28. The summed E-state index contributed by atoms with van der Waals surface area (Å²) in [5.74, 6) is 2.76. The van der Waals surface area contributed by atoms with E-state index in [0.717, 1.165) is 55.2 Å². The first-order valence-electron chi connectivity index (χ1n) is 10.2. The van der Waals surface area contributed by atoms with Crippen LogP contribution in [0, 0.1) is 0 Å². The van der Waals surface area contributed by atoms with E-state index in [4.69, 9.17) is 14.2 Å². The van der Waals surface area contributed by atoms with Gasteiger partial charge in [0.05, 0.1) is 21.3 Å². The Labute approximate surface area is 172 Å². The molecule has 0 bridgehead atoms. The second kappa shape index (κ2) is 8.07. The molecule has 0 spiro atoms. The monoisotopic (exact) mass is 395 g/mol. The van der Waals surface area contributed by atoms with Crippen molar-refractivity contribution in [3.05, 3.63) is 52.1 Å². The quantitative estimate of drug-likeness (QED) is 0.743. The molecule has 0 unspecified atom stereocenters. The summed E-state index contributed by atoms with van der Waals surface area (Å²) in [5.41, 5.74) is 6.41. The molecule has 0 saturated heterocycles. The van der Waals surface area contributed by atoms with E-state index in [1.165, 1.54) is 22.3 Å². The predicted molar refractivity (Wildman–Crippen MR) is 112 cm³/mol. The van der Waals surface area contributed by atoms with E-state index in [9.17, 15) is 4.79 Å². The predicted octanol–water partition coefficient (Wildman–Crippen LogP) is 3.89. The summed E-state index contributed by atoms with van der Waals surface area (Å²) in [4.78, 5) is 14.0. The van der Waals surface area contributed by atoms with E-state index in [-0.39, 0.29) is 5.78 Å². The van der Waals surface area contributed by atoms with Crippen LogP contribution in [0.25, 0.3) is 0 Å². The van der Waals surface area contributed by atoms with Gasteiger partial charge in [0.2, 0.25) is 0 Å². The summed E-state index contributed by atoms with van der Waals surface area (Å²) in [5, 5.41) is 0. The number of methoxy groups -OCH3 is 3. The van der Waals surface area contributed by atoms with Crippen molar-refractivity contribution in [2.75, 3.05) is 27.9 Å². The van der Waals surface area contributed by atoms with Gasteiger partial charge in [0.25, 0.3) is 0 Å². The molecule has 0 fully saturated rings. The third kappa shape index (κ3) is 3.60. The zero-order valence-electron chi connectivity index (χ0n) is 17.7. The second-order valence-electron chi connectivity index (χ2n) is 7.94. The molecule has 2 aromatic carbocycles. The maximum absolute atomic E-state index is 11.4. The molecule has 0 aliphatic carbocycles. The van der Waals surface area contributed by atoms with Gasteiger partial charge >= 0.3 is 0 Å². The Morgan fingerprint density at radius 3 is 2.52 bits per heavy atom. The molecule has 0 N–H and O–H groups in total. The van der Waals surface area contributed by atoms with Crippen LogP contribution in [0.1, 0.15) is 47.2 Å². The fourth-order valence-corrected chi connectivity index (χ4v) is 4.76. The largest absolute Gasteiger partial charge is 0.496 e. The van der Waals surface area contributed by atoms with Gasteiger partial charge in [-0.05, 0) is 60.6 Å². The SMILES string of the molecule is COc1cc2c(cc1OC)[C@@H]1Cc3ccc(CCC(C)=O)c(OC)c3CN1CC2. The summed E-state index contributed by atoms with van der Waals surface area (Å²) in [6, 6.07) is 8.97. The lowest BCUT2D eigenvalue weighted by molar-refractivity contribution is -0.116. The normalized spacial score (nSPS) is 17.7. The molecular weight excluding hydrogens is 366 g/mol. The molecule has 2 aliphatic heterocycles. The van der Waals surface area contributed by atoms with Crippen molar-refractivity contribution < 1.29 is 19.0 Å². The maximum atomic E-state index is 11.4. The molecule has 5 nitrogen and oxygen atoms in total. The highest BCUT2D eigenvalue weighted by molar-refractivity contribution is 5.75. The smallest absolute Gasteiger partial charge is 0.161 e. The van der Waals surface area contributed by atoms with Crippen LogP contribution in [0.3, 0.4) is 0 Å². The van der Waals surface area contributed by atoms with Crippen LogP contribution < -0.4 is 14.2 Å². The van der Waals surface area contributed by atoms with Crippen LogP contribution in [-0.2, 0) is 30.6 Å². The Hall–Kier alpha value is -2.53. The van der Waals surface area contributed by atoms with Gasteiger partial charge in [0, 0.05) is 31.1 Å². The Kier molecular flexibility index (Phi) is 5.50. The van der Waals surface area contributed by atoms with Crippen LogP contribution in [0.5, 0.6) is 17.2 Å². The van der Waals surface area contributed by atoms with Crippen molar-refractivity contribution in [3.63, 3.8) is 0 Å². The van der Waals surface area contributed by atoms with Gasteiger partial charge in [0.15, 0.2) is 11.5 Å². The fourth-order valence-electron chi connectivity index (χ4n) is 4.76. The molecular formula is C24H29NO4. The number of carbonyl (C=O) groups excluding carboxylic acids is 1. The number of ether oxygens (including phenoxy) is 3. The maximum Gasteiger partial charge on any atom is 0.161 e. The van der Waals surface area contributed by atoms with Gasteiger partial charge in [-0.15, -0.1) is 0 Å². The van der Waals surface area contributed by atoms with Crippen LogP contribution in [0.4, 0.5) is 0 Å². The first-order valence-corrected chi connectivity index (χ1v) is 10.2. The number of hydrogen-bond donors (Lipinski definition) is 0. The van der Waals surface area contributed by atoms with Crippen LogP contribution in [-0.4, -0.2) is 38.6 Å². The van der Waals surface area contributed by atoms with Gasteiger partial charge in [-0.25, -0.2) is 0 Å². The molecule has 29 heavy (non-hydrogen) atoms. The van der Waals surface area contributed by atoms with Crippen molar-refractivity contribution in [2.45, 2.75) is 45.2 Å². The lowest BCUT2D eigenvalue weighted by atomic mass is 9.82. The van der Waals surface area contributed by atoms with E-state index in [1.54, 1.807) is 28.3 Å². The second-order valence-corrected chi connectivity index (χ2v) is 7.94. The topological polar surface area (TPSA) is 48.0 Å². The summed E-state index contributed by atoms with van der Waals surface area (Å²) in [7, 11) is 5.11. The van der Waals surface area contributed by atoms with E-state index < -0.39 is 0 Å². The molecule has 154 valence electrons. The first kappa shape index (κ1) is 19.8. The average molecular weight is 395 g/mol. The Morgan fingerprint density at radius 2 is 1.83 bits per heavy atom. The summed E-state index contributed by atoms with van der Waals surface area (Å²) < 4.78 is 16.9. The van der Waals surface area contributed by atoms with Crippen molar-refractivity contribution in [3.8, 4) is 17.2 Å². The molecule has 2 heterocycles. The molecule has 0 radical (unpaired) electrons. The highest BCUT2D eigenvalue weighted by Crippen LogP contribution is 2.44. The molecule has 2 aliphatic rings.